The molecule has 1 amide bonds. The second-order valence-electron chi connectivity index (χ2n) is 4.08. The van der Waals surface area contributed by atoms with Crippen molar-refractivity contribution in [3.63, 3.8) is 0 Å². The predicted octanol–water partition coefficient (Wildman–Crippen LogP) is 2.17. The van der Waals surface area contributed by atoms with E-state index in [-0.39, 0.29) is 11.3 Å². The monoisotopic (exact) mass is 285 g/mol. The van der Waals surface area contributed by atoms with Gasteiger partial charge in [0.25, 0.3) is 5.91 Å². The van der Waals surface area contributed by atoms with Gasteiger partial charge >= 0.3 is 0 Å². The molecule has 0 spiro atoms. The van der Waals surface area contributed by atoms with Gasteiger partial charge in [0.1, 0.15) is 23.4 Å². The Morgan fingerprint density at radius 2 is 2.24 bits per heavy atom. The first-order valence-electron chi connectivity index (χ1n) is 6.21. The molecule has 1 aromatic heterocycles. The molecule has 0 radical (unpaired) electrons. The highest BCUT2D eigenvalue weighted by atomic mass is 19.1. The summed E-state index contributed by atoms with van der Waals surface area (Å²) >= 11 is 0. The average molecular weight is 285 g/mol. The SMILES string of the molecule is CCNc1cncc(C(=O)Nc2ccc(F)c(C#N)c2)n1. The molecule has 0 atom stereocenters. The fourth-order valence-electron chi connectivity index (χ4n) is 1.63. The maximum Gasteiger partial charge on any atom is 0.275 e. The number of nitrogens with one attached hydrogen (secondary N) is 2. The maximum atomic E-state index is 13.2. The van der Waals surface area contributed by atoms with Crippen LogP contribution in [0.2, 0.25) is 0 Å². The quantitative estimate of drug-likeness (QED) is 0.898. The molecule has 2 N–H and O–H groups in total. The summed E-state index contributed by atoms with van der Waals surface area (Å²) < 4.78 is 13.2. The van der Waals surface area contributed by atoms with E-state index in [0.29, 0.717) is 18.1 Å². The minimum atomic E-state index is -0.635. The van der Waals surface area contributed by atoms with Crippen molar-refractivity contribution in [1.29, 1.82) is 5.26 Å². The highest BCUT2D eigenvalue weighted by Gasteiger charge is 2.10. The third-order valence-electron chi connectivity index (χ3n) is 2.57. The van der Waals surface area contributed by atoms with Gasteiger partial charge in [0.15, 0.2) is 0 Å². The van der Waals surface area contributed by atoms with Crippen LogP contribution < -0.4 is 10.6 Å². The van der Waals surface area contributed by atoms with Gasteiger partial charge in [-0.05, 0) is 25.1 Å². The summed E-state index contributed by atoms with van der Waals surface area (Å²) in [5.41, 5.74) is 0.296. The fourth-order valence-corrected chi connectivity index (χ4v) is 1.63. The van der Waals surface area contributed by atoms with Crippen molar-refractivity contribution in [3.05, 3.63) is 47.7 Å². The summed E-state index contributed by atoms with van der Waals surface area (Å²) in [4.78, 5) is 20.0. The molecule has 0 aliphatic rings. The molecule has 106 valence electrons. The van der Waals surface area contributed by atoms with E-state index in [4.69, 9.17) is 5.26 Å². The van der Waals surface area contributed by atoms with Crippen LogP contribution >= 0.6 is 0 Å². The van der Waals surface area contributed by atoms with Gasteiger partial charge in [-0.3, -0.25) is 9.78 Å². The number of benzene rings is 1. The van der Waals surface area contributed by atoms with Gasteiger partial charge in [0.05, 0.1) is 18.0 Å². The normalized spacial score (nSPS) is 9.76. The second kappa shape index (κ2) is 6.43. The first-order chi connectivity index (χ1) is 10.1. The third kappa shape index (κ3) is 3.51. The maximum absolute atomic E-state index is 13.2. The molecule has 0 unspecified atom stereocenters. The molecular weight excluding hydrogens is 273 g/mol. The van der Waals surface area contributed by atoms with E-state index in [9.17, 15) is 9.18 Å². The number of anilines is 2. The predicted molar refractivity (Wildman–Crippen MR) is 75.3 cm³/mol. The van der Waals surface area contributed by atoms with Crippen molar-refractivity contribution in [1.82, 2.24) is 9.97 Å². The lowest BCUT2D eigenvalue weighted by molar-refractivity contribution is 0.102. The molecule has 6 nitrogen and oxygen atoms in total. The van der Waals surface area contributed by atoms with Crippen LogP contribution in [0.3, 0.4) is 0 Å². The molecule has 2 rings (SSSR count). The Hall–Kier alpha value is -3.01. The van der Waals surface area contributed by atoms with E-state index in [2.05, 4.69) is 20.6 Å². The summed E-state index contributed by atoms with van der Waals surface area (Å²) in [6, 6.07) is 5.46. The number of hydrogen-bond donors (Lipinski definition) is 2. The number of halogens is 1. The highest BCUT2D eigenvalue weighted by Crippen LogP contribution is 2.14. The molecule has 0 saturated heterocycles. The average Bonchev–Trinajstić information content (AvgIpc) is 2.50. The zero-order valence-electron chi connectivity index (χ0n) is 11.2. The standard InChI is InChI=1S/C14H12FN5O/c1-2-18-13-8-17-7-12(20-13)14(21)19-10-3-4-11(15)9(5-10)6-16/h3-5,7-8H,2H2,1H3,(H,18,20)(H,19,21). The topological polar surface area (TPSA) is 90.7 Å². The van der Waals surface area contributed by atoms with E-state index in [1.54, 1.807) is 6.07 Å². The number of aromatic nitrogens is 2. The summed E-state index contributed by atoms with van der Waals surface area (Å²) in [5.74, 6) is -0.635. The van der Waals surface area contributed by atoms with E-state index >= 15 is 0 Å². The van der Waals surface area contributed by atoms with Gasteiger partial charge in [-0.2, -0.15) is 5.26 Å². The molecule has 7 heteroatoms. The Morgan fingerprint density at radius 3 is 2.95 bits per heavy atom. The zero-order chi connectivity index (χ0) is 15.2. The van der Waals surface area contributed by atoms with Gasteiger partial charge in [0, 0.05) is 12.2 Å². The van der Waals surface area contributed by atoms with Gasteiger partial charge in [-0.25, -0.2) is 9.37 Å². The number of nitriles is 1. The first kappa shape index (κ1) is 14.4. The summed E-state index contributed by atoms with van der Waals surface area (Å²) in [6.45, 7) is 2.56. The largest absolute Gasteiger partial charge is 0.369 e. The number of amides is 1. The highest BCUT2D eigenvalue weighted by molar-refractivity contribution is 6.02. The Balaban J connectivity index is 2.18. The van der Waals surface area contributed by atoms with Gasteiger partial charge in [-0.15, -0.1) is 0 Å². The van der Waals surface area contributed by atoms with Crippen LogP contribution in [0.15, 0.2) is 30.6 Å². The number of carbonyl (C=O) groups excluding carboxylic acids is 1. The van der Waals surface area contributed by atoms with Crippen LogP contribution in [0.1, 0.15) is 23.0 Å². The molecule has 0 fully saturated rings. The Bertz CT molecular complexity index is 711. The molecular formula is C14H12FN5O. The lowest BCUT2D eigenvalue weighted by Crippen LogP contribution is -2.15. The van der Waals surface area contributed by atoms with E-state index in [1.165, 1.54) is 24.5 Å². The Morgan fingerprint density at radius 1 is 1.43 bits per heavy atom. The van der Waals surface area contributed by atoms with E-state index < -0.39 is 11.7 Å². The summed E-state index contributed by atoms with van der Waals surface area (Å²) in [6.07, 6.45) is 2.83. The number of nitrogens with zero attached hydrogens (tertiary/aromatic N) is 3. The van der Waals surface area contributed by atoms with Gasteiger partial charge < -0.3 is 10.6 Å². The summed E-state index contributed by atoms with van der Waals surface area (Å²) in [7, 11) is 0. The lowest BCUT2D eigenvalue weighted by Gasteiger charge is -2.07. The Kier molecular flexibility index (Phi) is 4.41. The second-order valence-corrected chi connectivity index (χ2v) is 4.08. The molecule has 0 aliphatic heterocycles. The minimum Gasteiger partial charge on any atom is -0.369 e. The van der Waals surface area contributed by atoms with Crippen molar-refractivity contribution in [2.45, 2.75) is 6.92 Å². The number of rotatable bonds is 4. The van der Waals surface area contributed by atoms with Crippen molar-refractivity contribution in [3.8, 4) is 6.07 Å². The molecule has 0 saturated carbocycles. The number of hydrogen-bond acceptors (Lipinski definition) is 5. The van der Waals surface area contributed by atoms with Gasteiger partial charge in [-0.1, -0.05) is 0 Å². The van der Waals surface area contributed by atoms with Crippen LogP contribution in [-0.4, -0.2) is 22.4 Å². The van der Waals surface area contributed by atoms with Crippen molar-refractivity contribution in [2.24, 2.45) is 0 Å². The fraction of sp³-hybridized carbons (Fsp3) is 0.143. The van der Waals surface area contributed by atoms with Crippen LogP contribution in [0.4, 0.5) is 15.9 Å². The van der Waals surface area contributed by atoms with Crippen molar-refractivity contribution >= 4 is 17.4 Å². The van der Waals surface area contributed by atoms with Crippen molar-refractivity contribution in [2.75, 3.05) is 17.2 Å². The molecule has 0 bridgehead atoms. The minimum absolute atomic E-state index is 0.122. The van der Waals surface area contributed by atoms with Crippen LogP contribution in [0, 0.1) is 17.1 Å². The third-order valence-corrected chi connectivity index (χ3v) is 2.57. The molecule has 0 aliphatic carbocycles. The molecule has 1 aromatic carbocycles. The smallest absolute Gasteiger partial charge is 0.275 e. The molecule has 21 heavy (non-hydrogen) atoms. The zero-order valence-corrected chi connectivity index (χ0v) is 11.2. The lowest BCUT2D eigenvalue weighted by atomic mass is 10.2. The molecule has 2 aromatic rings. The molecule has 1 heterocycles. The van der Waals surface area contributed by atoms with Crippen LogP contribution in [0.5, 0.6) is 0 Å². The first-order valence-corrected chi connectivity index (χ1v) is 6.21. The van der Waals surface area contributed by atoms with Crippen molar-refractivity contribution < 1.29 is 9.18 Å². The number of carbonyl (C=O) groups is 1. The van der Waals surface area contributed by atoms with E-state index in [0.717, 1.165) is 6.07 Å². The van der Waals surface area contributed by atoms with E-state index in [1.807, 2.05) is 6.92 Å². The summed E-state index contributed by atoms with van der Waals surface area (Å²) in [5, 5.41) is 14.2. The Labute approximate surface area is 120 Å². The van der Waals surface area contributed by atoms with Crippen LogP contribution in [-0.2, 0) is 0 Å². The van der Waals surface area contributed by atoms with Crippen LogP contribution in [0.25, 0.3) is 0 Å². The van der Waals surface area contributed by atoms with Gasteiger partial charge in [0.2, 0.25) is 0 Å².